The molecular weight excluding hydrogens is 432 g/mol. The molecule has 0 spiro atoms. The van der Waals surface area contributed by atoms with Gasteiger partial charge in [0.05, 0.1) is 25.4 Å². The van der Waals surface area contributed by atoms with Crippen molar-refractivity contribution in [1.29, 1.82) is 0 Å². The van der Waals surface area contributed by atoms with Gasteiger partial charge in [-0.3, -0.25) is 9.59 Å². The van der Waals surface area contributed by atoms with Crippen LogP contribution in [0, 0.1) is 16.7 Å². The van der Waals surface area contributed by atoms with Crippen LogP contribution in [0.5, 0.6) is 0 Å². The van der Waals surface area contributed by atoms with Crippen LogP contribution in [-0.2, 0) is 30.3 Å². The molecule has 1 saturated carbocycles. The van der Waals surface area contributed by atoms with E-state index in [1.54, 1.807) is 13.2 Å². The minimum atomic E-state index is -0.636. The summed E-state index contributed by atoms with van der Waals surface area (Å²) in [6, 6.07) is 1.90. The average molecular weight is 471 g/mol. The Morgan fingerprint density at radius 1 is 1.21 bits per heavy atom. The second-order valence-corrected chi connectivity index (χ2v) is 10.2. The molecule has 2 aliphatic carbocycles. The fraction of sp³-hybridized carbons (Fsp3) is 0.607. The number of ketones is 1. The summed E-state index contributed by atoms with van der Waals surface area (Å²) < 4.78 is 15.9. The summed E-state index contributed by atoms with van der Waals surface area (Å²) in [5, 5.41) is 0. The van der Waals surface area contributed by atoms with E-state index >= 15 is 0 Å². The number of rotatable bonds is 8. The quantitative estimate of drug-likeness (QED) is 0.156. The monoisotopic (exact) mass is 470 g/mol. The van der Waals surface area contributed by atoms with E-state index in [1.807, 2.05) is 6.07 Å². The number of carbonyl (C=O) groups excluding carboxylic acids is 3. The number of aryl methyl sites for hydroxylation is 1. The second-order valence-electron chi connectivity index (χ2n) is 10.2. The fourth-order valence-corrected chi connectivity index (χ4v) is 6.43. The molecule has 0 amide bonds. The summed E-state index contributed by atoms with van der Waals surface area (Å²) >= 11 is 0. The first-order valence-electron chi connectivity index (χ1n) is 12.3. The first-order valence-corrected chi connectivity index (χ1v) is 12.3. The number of allylic oxidation sites excluding steroid dienone is 2. The van der Waals surface area contributed by atoms with Crippen LogP contribution in [-0.4, -0.2) is 31.4 Å². The highest BCUT2D eigenvalue weighted by Gasteiger charge is 2.55. The normalized spacial score (nSPS) is 27.2. The summed E-state index contributed by atoms with van der Waals surface area (Å²) in [6.07, 6.45) is 9.55. The van der Waals surface area contributed by atoms with Crippen molar-refractivity contribution in [2.75, 3.05) is 13.7 Å². The molecule has 1 aromatic heterocycles. The van der Waals surface area contributed by atoms with Crippen LogP contribution in [0.1, 0.15) is 84.5 Å². The van der Waals surface area contributed by atoms with Crippen molar-refractivity contribution in [3.63, 3.8) is 0 Å². The minimum absolute atomic E-state index is 0.0146. The molecule has 0 aliphatic heterocycles. The molecule has 2 aliphatic rings. The van der Waals surface area contributed by atoms with Crippen molar-refractivity contribution in [1.82, 2.24) is 0 Å². The maximum atomic E-state index is 12.8. The highest BCUT2D eigenvalue weighted by molar-refractivity contribution is 6.19. The number of Topliss-reactive ketones (excluding diaryl/α,β-unsaturated/α-hetero) is 1. The zero-order chi connectivity index (χ0) is 25.1. The van der Waals surface area contributed by atoms with E-state index in [9.17, 15) is 14.4 Å². The van der Waals surface area contributed by atoms with E-state index in [4.69, 9.17) is 13.9 Å². The molecule has 34 heavy (non-hydrogen) atoms. The standard InChI is InChI=1S/C28H38O6/c1-7-33-25(30)21(19(3)29)17-23-20(13-16-34-23)10-11-22-18(2)9-12-24-27(22,4)14-8-15-28(24,5)26(31)32-6/h13,16-17,24H,7-12,14-15H2,1-6H3/b21-17+/t24-,27-,28+/m1/s1. The van der Waals surface area contributed by atoms with Gasteiger partial charge in [-0.2, -0.15) is 0 Å². The van der Waals surface area contributed by atoms with Gasteiger partial charge in [-0.15, -0.1) is 0 Å². The fourth-order valence-electron chi connectivity index (χ4n) is 6.43. The van der Waals surface area contributed by atoms with Gasteiger partial charge in [-0.25, -0.2) is 4.79 Å². The Morgan fingerprint density at radius 3 is 2.59 bits per heavy atom. The molecule has 0 radical (unpaired) electrons. The lowest BCUT2D eigenvalue weighted by Crippen LogP contribution is -2.50. The van der Waals surface area contributed by atoms with Gasteiger partial charge in [-0.05, 0) is 95.3 Å². The van der Waals surface area contributed by atoms with Gasteiger partial charge in [0.15, 0.2) is 5.78 Å². The predicted octanol–water partition coefficient (Wildman–Crippen LogP) is 5.84. The van der Waals surface area contributed by atoms with Crippen molar-refractivity contribution >= 4 is 23.8 Å². The molecule has 3 rings (SSSR count). The summed E-state index contributed by atoms with van der Waals surface area (Å²) in [4.78, 5) is 37.0. The third-order valence-corrected chi connectivity index (χ3v) is 8.17. The Morgan fingerprint density at radius 2 is 1.94 bits per heavy atom. The molecule has 0 bridgehead atoms. The van der Waals surface area contributed by atoms with Crippen LogP contribution >= 0.6 is 0 Å². The SMILES string of the molecule is CCOC(=O)/C(=C/c1occc1CCC1=C(C)CC[C@H]2[C@@](C)(C(=O)OC)CCC[C@]12C)C(C)=O. The Kier molecular flexibility index (Phi) is 7.89. The molecule has 1 fully saturated rings. The maximum Gasteiger partial charge on any atom is 0.341 e. The van der Waals surface area contributed by atoms with Gasteiger partial charge in [-0.1, -0.05) is 24.5 Å². The van der Waals surface area contributed by atoms with Gasteiger partial charge < -0.3 is 13.9 Å². The molecular formula is C28H38O6. The first kappa shape index (κ1) is 26.0. The summed E-state index contributed by atoms with van der Waals surface area (Å²) in [7, 11) is 1.49. The summed E-state index contributed by atoms with van der Waals surface area (Å²) in [5.74, 6) is -0.330. The zero-order valence-corrected chi connectivity index (χ0v) is 21.4. The van der Waals surface area contributed by atoms with Crippen molar-refractivity contribution < 1.29 is 28.3 Å². The molecule has 6 heteroatoms. The maximum absolute atomic E-state index is 12.8. The number of hydrogen-bond donors (Lipinski definition) is 0. The zero-order valence-electron chi connectivity index (χ0n) is 21.4. The lowest BCUT2D eigenvalue weighted by molar-refractivity contribution is -0.163. The number of esters is 2. The average Bonchev–Trinajstić information content (AvgIpc) is 3.23. The second kappa shape index (κ2) is 10.3. The van der Waals surface area contributed by atoms with Crippen molar-refractivity contribution in [2.45, 2.75) is 79.6 Å². The topological polar surface area (TPSA) is 82.8 Å². The number of furan rings is 1. The molecule has 6 nitrogen and oxygen atoms in total. The predicted molar refractivity (Wildman–Crippen MR) is 130 cm³/mol. The molecule has 3 atom stereocenters. The lowest BCUT2D eigenvalue weighted by atomic mass is 9.49. The molecule has 0 saturated heterocycles. The Balaban J connectivity index is 1.87. The van der Waals surface area contributed by atoms with Gasteiger partial charge in [0.2, 0.25) is 0 Å². The van der Waals surface area contributed by atoms with Crippen LogP contribution < -0.4 is 0 Å². The Hall–Kier alpha value is -2.63. The van der Waals surface area contributed by atoms with Gasteiger partial charge in [0, 0.05) is 0 Å². The Bertz CT molecular complexity index is 1010. The molecule has 0 unspecified atom stereocenters. The minimum Gasteiger partial charge on any atom is -0.469 e. The van der Waals surface area contributed by atoms with E-state index in [1.165, 1.54) is 31.3 Å². The van der Waals surface area contributed by atoms with Crippen molar-refractivity contribution in [3.8, 4) is 0 Å². The third kappa shape index (κ3) is 4.77. The number of ether oxygens (including phenoxy) is 2. The van der Waals surface area contributed by atoms with Crippen LogP contribution in [0.2, 0.25) is 0 Å². The smallest absolute Gasteiger partial charge is 0.341 e. The molecule has 0 aromatic carbocycles. The highest BCUT2D eigenvalue weighted by Crippen LogP contribution is 2.60. The van der Waals surface area contributed by atoms with Gasteiger partial charge >= 0.3 is 11.9 Å². The largest absolute Gasteiger partial charge is 0.469 e. The lowest BCUT2D eigenvalue weighted by Gasteiger charge is -2.54. The van der Waals surface area contributed by atoms with E-state index in [-0.39, 0.29) is 35.3 Å². The molecule has 1 heterocycles. The van der Waals surface area contributed by atoms with Crippen LogP contribution in [0.25, 0.3) is 6.08 Å². The van der Waals surface area contributed by atoms with E-state index in [2.05, 4.69) is 20.8 Å². The number of carbonyl (C=O) groups is 3. The van der Waals surface area contributed by atoms with Gasteiger partial charge in [0.25, 0.3) is 0 Å². The van der Waals surface area contributed by atoms with E-state index in [0.29, 0.717) is 5.76 Å². The number of methoxy groups -OCH3 is 1. The summed E-state index contributed by atoms with van der Waals surface area (Å²) in [6.45, 7) is 9.87. The van der Waals surface area contributed by atoms with Crippen LogP contribution in [0.3, 0.4) is 0 Å². The van der Waals surface area contributed by atoms with Crippen molar-refractivity contribution in [3.05, 3.63) is 40.4 Å². The van der Waals surface area contributed by atoms with Gasteiger partial charge in [0.1, 0.15) is 11.3 Å². The van der Waals surface area contributed by atoms with Crippen molar-refractivity contribution in [2.24, 2.45) is 16.7 Å². The summed E-state index contributed by atoms with van der Waals surface area (Å²) in [5.41, 5.74) is 3.24. The van der Waals surface area contributed by atoms with E-state index < -0.39 is 11.4 Å². The number of fused-ring (bicyclic) bond motifs is 1. The highest BCUT2D eigenvalue weighted by atomic mass is 16.5. The molecule has 0 N–H and O–H groups in total. The van der Waals surface area contributed by atoms with E-state index in [0.717, 1.165) is 50.5 Å². The molecule has 1 aromatic rings. The van der Waals surface area contributed by atoms with Crippen LogP contribution in [0.4, 0.5) is 0 Å². The number of hydrogen-bond acceptors (Lipinski definition) is 6. The van der Waals surface area contributed by atoms with Crippen LogP contribution in [0.15, 0.2) is 33.5 Å². The molecule has 186 valence electrons. The third-order valence-electron chi connectivity index (χ3n) is 8.17. The Labute approximate surface area is 202 Å². The first-order chi connectivity index (χ1) is 16.1.